The van der Waals surface area contributed by atoms with Gasteiger partial charge in [-0.25, -0.2) is 5.01 Å². The lowest BCUT2D eigenvalue weighted by Gasteiger charge is -2.25. The van der Waals surface area contributed by atoms with Gasteiger partial charge >= 0.3 is 0 Å². The molecule has 20 heavy (non-hydrogen) atoms. The fraction of sp³-hybridized carbons (Fsp3) is 0.625. The number of hydrogen-bond acceptors (Lipinski definition) is 4. The van der Waals surface area contributed by atoms with Crippen LogP contribution in [-0.2, 0) is 6.42 Å². The molecular formula is C16H26N4. The number of para-hydroxylation sites is 1. The van der Waals surface area contributed by atoms with Crippen LogP contribution in [0.2, 0.25) is 0 Å². The minimum Gasteiger partial charge on any atom is -0.377 e. The molecule has 4 nitrogen and oxygen atoms in total. The van der Waals surface area contributed by atoms with E-state index in [4.69, 9.17) is 0 Å². The van der Waals surface area contributed by atoms with Crippen LogP contribution in [0.15, 0.2) is 24.3 Å². The van der Waals surface area contributed by atoms with Crippen molar-refractivity contribution in [1.82, 2.24) is 15.8 Å². The Morgan fingerprint density at radius 1 is 1.25 bits per heavy atom. The molecule has 2 saturated heterocycles. The van der Waals surface area contributed by atoms with Gasteiger partial charge in [0.2, 0.25) is 0 Å². The van der Waals surface area contributed by atoms with Crippen LogP contribution in [0.3, 0.4) is 0 Å². The zero-order valence-electron chi connectivity index (χ0n) is 12.6. The Kier molecular flexibility index (Phi) is 4.24. The summed E-state index contributed by atoms with van der Waals surface area (Å²) in [5, 5.41) is 5.98. The Labute approximate surface area is 122 Å². The standard InChI is InChI=1S/C16H26N4/c1-19(2)15-7-4-3-6-13(15)12-14-9-11-20(18-14)16-8-5-10-17-16/h3-4,6-7,14,16-18H,5,8-12H2,1-2H3/t14?,16-/m1/s1. The highest BCUT2D eigenvalue weighted by Gasteiger charge is 2.29. The molecule has 0 aliphatic carbocycles. The first-order chi connectivity index (χ1) is 9.74. The van der Waals surface area contributed by atoms with Crippen molar-refractivity contribution in [2.75, 3.05) is 32.1 Å². The summed E-state index contributed by atoms with van der Waals surface area (Å²) in [6.07, 6.45) is 5.46. The Bertz CT molecular complexity index is 440. The van der Waals surface area contributed by atoms with Crippen LogP contribution in [0.5, 0.6) is 0 Å². The van der Waals surface area contributed by atoms with Gasteiger partial charge in [-0.1, -0.05) is 18.2 Å². The van der Waals surface area contributed by atoms with E-state index in [9.17, 15) is 0 Å². The first-order valence-corrected chi connectivity index (χ1v) is 7.75. The van der Waals surface area contributed by atoms with Crippen molar-refractivity contribution in [3.63, 3.8) is 0 Å². The molecule has 1 aromatic rings. The zero-order valence-corrected chi connectivity index (χ0v) is 12.6. The Balaban J connectivity index is 1.61. The Hall–Kier alpha value is -1.10. The van der Waals surface area contributed by atoms with Crippen LogP contribution in [0.4, 0.5) is 5.69 Å². The number of benzene rings is 1. The van der Waals surface area contributed by atoms with Crippen LogP contribution in [-0.4, -0.2) is 44.4 Å². The summed E-state index contributed by atoms with van der Waals surface area (Å²) in [4.78, 5) is 2.21. The molecule has 2 fully saturated rings. The van der Waals surface area contributed by atoms with Crippen LogP contribution in [0, 0.1) is 0 Å². The number of nitrogens with one attached hydrogen (secondary N) is 2. The summed E-state index contributed by atoms with van der Waals surface area (Å²) in [7, 11) is 4.24. The fourth-order valence-corrected chi connectivity index (χ4v) is 3.37. The van der Waals surface area contributed by atoms with Crippen molar-refractivity contribution in [2.24, 2.45) is 0 Å². The van der Waals surface area contributed by atoms with Gasteiger partial charge in [0.1, 0.15) is 0 Å². The topological polar surface area (TPSA) is 30.5 Å². The maximum absolute atomic E-state index is 3.70. The third-order valence-corrected chi connectivity index (χ3v) is 4.42. The van der Waals surface area contributed by atoms with E-state index in [0.717, 1.165) is 19.5 Å². The maximum Gasteiger partial charge on any atom is 0.0733 e. The molecule has 1 unspecified atom stereocenters. The minimum absolute atomic E-state index is 0.545. The van der Waals surface area contributed by atoms with Crippen LogP contribution in [0.25, 0.3) is 0 Å². The largest absolute Gasteiger partial charge is 0.377 e. The van der Waals surface area contributed by atoms with Gasteiger partial charge in [-0.15, -0.1) is 0 Å². The Morgan fingerprint density at radius 3 is 2.85 bits per heavy atom. The quantitative estimate of drug-likeness (QED) is 0.873. The Morgan fingerprint density at radius 2 is 2.10 bits per heavy atom. The highest BCUT2D eigenvalue weighted by atomic mass is 15.6. The molecule has 0 radical (unpaired) electrons. The molecule has 4 heteroatoms. The van der Waals surface area contributed by atoms with Crippen molar-refractivity contribution >= 4 is 5.69 Å². The monoisotopic (exact) mass is 274 g/mol. The van der Waals surface area contributed by atoms with Gasteiger partial charge in [0.25, 0.3) is 0 Å². The van der Waals surface area contributed by atoms with Gasteiger partial charge in [0.05, 0.1) is 6.17 Å². The van der Waals surface area contributed by atoms with E-state index >= 15 is 0 Å². The number of hydrogen-bond donors (Lipinski definition) is 2. The molecule has 0 saturated carbocycles. The molecule has 2 aliphatic rings. The van der Waals surface area contributed by atoms with Crippen LogP contribution >= 0.6 is 0 Å². The van der Waals surface area contributed by atoms with E-state index < -0.39 is 0 Å². The van der Waals surface area contributed by atoms with E-state index in [1.54, 1.807) is 0 Å². The molecule has 110 valence electrons. The summed E-state index contributed by atoms with van der Waals surface area (Å²) >= 11 is 0. The predicted molar refractivity (Wildman–Crippen MR) is 83.7 cm³/mol. The van der Waals surface area contributed by atoms with Gasteiger partial charge in [0.15, 0.2) is 0 Å². The SMILES string of the molecule is CN(C)c1ccccc1CC1CCN([C@@H]2CCCN2)N1. The lowest BCUT2D eigenvalue weighted by molar-refractivity contribution is 0.149. The minimum atomic E-state index is 0.545. The maximum atomic E-state index is 3.70. The number of anilines is 1. The molecule has 2 heterocycles. The van der Waals surface area contributed by atoms with E-state index in [1.165, 1.54) is 30.5 Å². The fourth-order valence-electron chi connectivity index (χ4n) is 3.37. The summed E-state index contributed by atoms with van der Waals surface area (Å²) in [6, 6.07) is 9.30. The predicted octanol–water partition coefficient (Wildman–Crippen LogP) is 1.58. The third kappa shape index (κ3) is 2.97. The normalized spacial score (nSPS) is 27.1. The van der Waals surface area contributed by atoms with Crippen LogP contribution in [0.1, 0.15) is 24.8 Å². The number of rotatable bonds is 4. The van der Waals surface area contributed by atoms with Crippen molar-refractivity contribution in [1.29, 1.82) is 0 Å². The highest BCUT2D eigenvalue weighted by Crippen LogP contribution is 2.23. The smallest absolute Gasteiger partial charge is 0.0733 e. The lowest BCUT2D eigenvalue weighted by Crippen LogP contribution is -2.48. The van der Waals surface area contributed by atoms with E-state index in [0.29, 0.717) is 12.2 Å². The highest BCUT2D eigenvalue weighted by molar-refractivity contribution is 5.52. The average Bonchev–Trinajstić information content (AvgIpc) is 3.09. The molecule has 0 bridgehead atoms. The molecular weight excluding hydrogens is 248 g/mol. The first-order valence-electron chi connectivity index (χ1n) is 7.75. The molecule has 2 N–H and O–H groups in total. The molecule has 0 amide bonds. The van der Waals surface area contributed by atoms with Gasteiger partial charge in [-0.2, -0.15) is 0 Å². The average molecular weight is 274 g/mol. The summed E-state index contributed by atoms with van der Waals surface area (Å²) in [6.45, 7) is 2.32. The summed E-state index contributed by atoms with van der Waals surface area (Å²) in [5.74, 6) is 0. The van der Waals surface area contributed by atoms with Gasteiger partial charge < -0.3 is 10.2 Å². The van der Waals surface area contributed by atoms with E-state index in [2.05, 4.69) is 59.0 Å². The van der Waals surface area contributed by atoms with E-state index in [1.807, 2.05) is 0 Å². The zero-order chi connectivity index (χ0) is 13.9. The molecule has 2 aliphatic heterocycles. The third-order valence-electron chi connectivity index (χ3n) is 4.42. The van der Waals surface area contributed by atoms with Gasteiger partial charge in [-0.3, -0.25) is 5.43 Å². The molecule has 0 aromatic heterocycles. The van der Waals surface area contributed by atoms with Crippen molar-refractivity contribution < 1.29 is 0 Å². The summed E-state index contributed by atoms with van der Waals surface area (Å²) in [5.41, 5.74) is 6.48. The lowest BCUT2D eigenvalue weighted by atomic mass is 10.0. The van der Waals surface area contributed by atoms with Crippen molar-refractivity contribution in [3.05, 3.63) is 29.8 Å². The van der Waals surface area contributed by atoms with Crippen LogP contribution < -0.4 is 15.6 Å². The second-order valence-corrected chi connectivity index (χ2v) is 6.15. The second kappa shape index (κ2) is 6.12. The molecule has 0 spiro atoms. The van der Waals surface area contributed by atoms with Gasteiger partial charge in [0, 0.05) is 32.4 Å². The second-order valence-electron chi connectivity index (χ2n) is 6.15. The van der Waals surface area contributed by atoms with Gasteiger partial charge in [-0.05, 0) is 43.9 Å². The van der Waals surface area contributed by atoms with Crippen molar-refractivity contribution in [2.45, 2.75) is 37.9 Å². The summed E-state index contributed by atoms with van der Waals surface area (Å²) < 4.78 is 0. The molecule has 1 aromatic carbocycles. The van der Waals surface area contributed by atoms with E-state index in [-0.39, 0.29) is 0 Å². The number of nitrogens with zero attached hydrogens (tertiary/aromatic N) is 2. The molecule has 3 rings (SSSR count). The number of hydrazine groups is 1. The first kappa shape index (κ1) is 13.9. The molecule has 2 atom stereocenters. The van der Waals surface area contributed by atoms with Crippen molar-refractivity contribution in [3.8, 4) is 0 Å².